The standard InChI is InChI=1S/C7H13NO3/c1-8-5(7(10)11-2)3-4-6(8)9/h5,7,10H,3-4H2,1-2H3. The molecule has 1 aliphatic heterocycles. The van der Waals surface area contributed by atoms with E-state index in [-0.39, 0.29) is 11.9 Å². The first-order valence-corrected chi connectivity index (χ1v) is 3.63. The summed E-state index contributed by atoms with van der Waals surface area (Å²) in [7, 11) is 3.11. The summed E-state index contributed by atoms with van der Waals surface area (Å²) < 4.78 is 4.71. The van der Waals surface area contributed by atoms with Gasteiger partial charge in [-0.1, -0.05) is 0 Å². The molecule has 0 aromatic rings. The Hall–Kier alpha value is -0.610. The van der Waals surface area contributed by atoms with Crippen molar-refractivity contribution in [1.29, 1.82) is 0 Å². The van der Waals surface area contributed by atoms with Crippen molar-refractivity contribution in [3.63, 3.8) is 0 Å². The Balaban J connectivity index is 2.54. The summed E-state index contributed by atoms with van der Waals surface area (Å²) in [4.78, 5) is 12.5. The monoisotopic (exact) mass is 159 g/mol. The number of carbonyl (C=O) groups excluding carboxylic acids is 1. The number of ether oxygens (including phenoxy) is 1. The maximum absolute atomic E-state index is 11.0. The van der Waals surface area contributed by atoms with Crippen molar-refractivity contribution in [1.82, 2.24) is 4.90 Å². The highest BCUT2D eigenvalue weighted by atomic mass is 16.6. The fourth-order valence-corrected chi connectivity index (χ4v) is 1.32. The third kappa shape index (κ3) is 1.52. The molecule has 0 spiro atoms. The average Bonchev–Trinajstić information content (AvgIpc) is 2.32. The van der Waals surface area contributed by atoms with Gasteiger partial charge in [-0.05, 0) is 6.42 Å². The molecule has 0 aromatic carbocycles. The number of rotatable bonds is 2. The average molecular weight is 159 g/mol. The quantitative estimate of drug-likeness (QED) is 0.556. The molecule has 1 heterocycles. The van der Waals surface area contributed by atoms with E-state index < -0.39 is 6.29 Å². The lowest BCUT2D eigenvalue weighted by Crippen LogP contribution is -2.39. The van der Waals surface area contributed by atoms with Crippen LogP contribution in [0.4, 0.5) is 0 Å². The fraction of sp³-hybridized carbons (Fsp3) is 0.857. The van der Waals surface area contributed by atoms with E-state index in [1.54, 1.807) is 7.05 Å². The van der Waals surface area contributed by atoms with Gasteiger partial charge in [0.05, 0.1) is 6.04 Å². The Morgan fingerprint density at radius 1 is 1.82 bits per heavy atom. The zero-order chi connectivity index (χ0) is 8.43. The van der Waals surface area contributed by atoms with E-state index in [4.69, 9.17) is 4.74 Å². The number of aliphatic hydroxyl groups excluding tert-OH is 1. The summed E-state index contributed by atoms with van der Waals surface area (Å²) in [5.74, 6) is 0.0751. The molecule has 11 heavy (non-hydrogen) atoms. The number of aliphatic hydroxyl groups is 1. The van der Waals surface area contributed by atoms with Crippen molar-refractivity contribution in [2.24, 2.45) is 0 Å². The SMILES string of the molecule is COC(O)C1CCC(=O)N1C. The second-order valence-electron chi connectivity index (χ2n) is 2.74. The van der Waals surface area contributed by atoms with Crippen LogP contribution in [0.15, 0.2) is 0 Å². The normalized spacial score (nSPS) is 27.7. The predicted molar refractivity (Wildman–Crippen MR) is 38.8 cm³/mol. The molecule has 0 radical (unpaired) electrons. The van der Waals surface area contributed by atoms with Gasteiger partial charge in [0.15, 0.2) is 6.29 Å². The van der Waals surface area contributed by atoms with Gasteiger partial charge in [0.2, 0.25) is 5.91 Å². The van der Waals surface area contributed by atoms with Crippen LogP contribution >= 0.6 is 0 Å². The largest absolute Gasteiger partial charge is 0.366 e. The van der Waals surface area contributed by atoms with Gasteiger partial charge in [0.25, 0.3) is 0 Å². The first-order valence-electron chi connectivity index (χ1n) is 3.63. The molecule has 0 aliphatic carbocycles. The molecular formula is C7H13NO3. The van der Waals surface area contributed by atoms with Gasteiger partial charge in [-0.15, -0.1) is 0 Å². The van der Waals surface area contributed by atoms with Gasteiger partial charge in [-0.2, -0.15) is 0 Å². The number of carbonyl (C=O) groups is 1. The van der Waals surface area contributed by atoms with Crippen LogP contribution in [-0.4, -0.2) is 42.4 Å². The van der Waals surface area contributed by atoms with Crippen LogP contribution in [0.2, 0.25) is 0 Å². The summed E-state index contributed by atoms with van der Waals surface area (Å²) in [6.07, 6.45) is 0.359. The summed E-state index contributed by atoms with van der Waals surface area (Å²) in [5, 5.41) is 9.23. The van der Waals surface area contributed by atoms with Crippen LogP contribution in [0.25, 0.3) is 0 Å². The zero-order valence-corrected chi connectivity index (χ0v) is 6.78. The molecular weight excluding hydrogens is 146 g/mol. The first-order chi connectivity index (χ1) is 5.16. The smallest absolute Gasteiger partial charge is 0.222 e. The van der Waals surface area contributed by atoms with Crippen LogP contribution in [0.1, 0.15) is 12.8 Å². The molecule has 1 fully saturated rings. The minimum Gasteiger partial charge on any atom is -0.366 e. The van der Waals surface area contributed by atoms with Crippen molar-refractivity contribution in [3.05, 3.63) is 0 Å². The fourth-order valence-electron chi connectivity index (χ4n) is 1.32. The Morgan fingerprint density at radius 3 is 2.82 bits per heavy atom. The van der Waals surface area contributed by atoms with Crippen molar-refractivity contribution in [3.8, 4) is 0 Å². The number of likely N-dealkylation sites (tertiary alicyclic amines) is 1. The summed E-state index contributed by atoms with van der Waals surface area (Å²) in [6, 6.07) is -0.160. The van der Waals surface area contributed by atoms with E-state index >= 15 is 0 Å². The van der Waals surface area contributed by atoms with E-state index in [0.717, 1.165) is 0 Å². The lowest BCUT2D eigenvalue weighted by molar-refractivity contribution is -0.140. The van der Waals surface area contributed by atoms with Gasteiger partial charge in [0, 0.05) is 20.6 Å². The maximum atomic E-state index is 11.0. The predicted octanol–water partition coefficient (Wildman–Crippen LogP) is -0.428. The molecule has 4 heteroatoms. The van der Waals surface area contributed by atoms with Crippen molar-refractivity contribution in [2.75, 3.05) is 14.2 Å². The van der Waals surface area contributed by atoms with Crippen molar-refractivity contribution >= 4 is 5.91 Å². The molecule has 1 rings (SSSR count). The third-order valence-corrected chi connectivity index (χ3v) is 2.12. The Bertz CT molecular complexity index is 160. The minimum atomic E-state index is -0.841. The van der Waals surface area contributed by atoms with E-state index in [2.05, 4.69) is 0 Å². The number of amides is 1. The van der Waals surface area contributed by atoms with Crippen LogP contribution < -0.4 is 0 Å². The first kappa shape index (κ1) is 8.49. The van der Waals surface area contributed by atoms with E-state index in [0.29, 0.717) is 12.8 Å². The summed E-state index contributed by atoms with van der Waals surface area (Å²) >= 11 is 0. The van der Waals surface area contributed by atoms with Gasteiger partial charge < -0.3 is 14.7 Å². The van der Waals surface area contributed by atoms with Gasteiger partial charge >= 0.3 is 0 Å². The van der Waals surface area contributed by atoms with Crippen LogP contribution in [-0.2, 0) is 9.53 Å². The molecule has 2 atom stereocenters. The maximum Gasteiger partial charge on any atom is 0.222 e. The number of nitrogens with zero attached hydrogens (tertiary/aromatic N) is 1. The molecule has 1 N–H and O–H groups in total. The van der Waals surface area contributed by atoms with Crippen molar-refractivity contribution in [2.45, 2.75) is 25.2 Å². The van der Waals surface area contributed by atoms with Crippen LogP contribution in [0.3, 0.4) is 0 Å². The molecule has 4 nitrogen and oxygen atoms in total. The van der Waals surface area contributed by atoms with Crippen molar-refractivity contribution < 1.29 is 14.6 Å². The number of likely N-dealkylation sites (N-methyl/N-ethyl adjacent to an activating group) is 1. The summed E-state index contributed by atoms with van der Waals surface area (Å²) in [6.45, 7) is 0. The zero-order valence-electron chi connectivity index (χ0n) is 6.78. The minimum absolute atomic E-state index is 0.0751. The lowest BCUT2D eigenvalue weighted by Gasteiger charge is -2.23. The molecule has 1 saturated heterocycles. The number of methoxy groups -OCH3 is 1. The highest BCUT2D eigenvalue weighted by Gasteiger charge is 2.32. The molecule has 1 amide bonds. The lowest BCUT2D eigenvalue weighted by atomic mass is 10.2. The second-order valence-corrected chi connectivity index (χ2v) is 2.74. The van der Waals surface area contributed by atoms with Crippen LogP contribution in [0.5, 0.6) is 0 Å². The Labute approximate surface area is 65.8 Å². The highest BCUT2D eigenvalue weighted by molar-refractivity contribution is 5.78. The van der Waals surface area contributed by atoms with Gasteiger partial charge in [0.1, 0.15) is 0 Å². The molecule has 0 saturated carbocycles. The van der Waals surface area contributed by atoms with Crippen LogP contribution in [0, 0.1) is 0 Å². The van der Waals surface area contributed by atoms with E-state index in [1.807, 2.05) is 0 Å². The Kier molecular flexibility index (Phi) is 2.46. The molecule has 64 valence electrons. The van der Waals surface area contributed by atoms with E-state index in [1.165, 1.54) is 12.0 Å². The summed E-state index contributed by atoms with van der Waals surface area (Å²) in [5.41, 5.74) is 0. The topological polar surface area (TPSA) is 49.8 Å². The Morgan fingerprint density at radius 2 is 2.45 bits per heavy atom. The molecule has 2 unspecified atom stereocenters. The van der Waals surface area contributed by atoms with Gasteiger partial charge in [-0.25, -0.2) is 0 Å². The highest BCUT2D eigenvalue weighted by Crippen LogP contribution is 2.19. The molecule has 0 aromatic heterocycles. The second kappa shape index (κ2) is 3.19. The molecule has 1 aliphatic rings. The number of hydrogen-bond acceptors (Lipinski definition) is 3. The third-order valence-electron chi connectivity index (χ3n) is 2.12. The van der Waals surface area contributed by atoms with E-state index in [9.17, 15) is 9.90 Å². The number of hydrogen-bond donors (Lipinski definition) is 1. The van der Waals surface area contributed by atoms with Gasteiger partial charge in [-0.3, -0.25) is 4.79 Å². The molecule has 0 bridgehead atoms.